The number of aromatic nitrogens is 1. The maximum Gasteiger partial charge on any atom is 0.262 e. The second-order valence-corrected chi connectivity index (χ2v) is 7.02. The maximum atomic E-state index is 12.4. The fourth-order valence-corrected chi connectivity index (χ4v) is 3.16. The third kappa shape index (κ3) is 4.44. The molecule has 112 valence electrons. The number of nitrogens with zero attached hydrogens (tertiary/aromatic N) is 1. The van der Waals surface area contributed by atoms with E-state index in [-0.39, 0.29) is 4.90 Å². The molecule has 0 bridgehead atoms. The van der Waals surface area contributed by atoms with Crippen LogP contribution in [0.25, 0.3) is 0 Å². The molecule has 2 rings (SSSR count). The first-order valence-electron chi connectivity index (χ1n) is 6.49. The highest BCUT2D eigenvalue weighted by Gasteiger charge is 2.15. The van der Waals surface area contributed by atoms with Crippen LogP contribution < -0.4 is 10.0 Å². The Hall–Kier alpha value is -1.60. The molecule has 1 heterocycles. The predicted octanol–water partition coefficient (Wildman–Crippen LogP) is 3.47. The van der Waals surface area contributed by atoms with Crippen LogP contribution in [0.2, 0.25) is 0 Å². The molecular formula is C14H16BrN3O2S. The van der Waals surface area contributed by atoms with Gasteiger partial charge in [0.25, 0.3) is 10.0 Å². The average Bonchev–Trinajstić information content (AvgIpc) is 2.45. The van der Waals surface area contributed by atoms with Crippen molar-refractivity contribution in [1.82, 2.24) is 4.98 Å². The van der Waals surface area contributed by atoms with Crippen molar-refractivity contribution in [1.29, 1.82) is 0 Å². The van der Waals surface area contributed by atoms with Crippen LogP contribution in [0.15, 0.2) is 52.0 Å². The lowest BCUT2D eigenvalue weighted by atomic mass is 10.3. The maximum absolute atomic E-state index is 12.4. The number of hydrogen-bond acceptors (Lipinski definition) is 4. The van der Waals surface area contributed by atoms with Crippen molar-refractivity contribution >= 4 is 37.5 Å². The largest absolute Gasteiger partial charge is 0.370 e. The van der Waals surface area contributed by atoms with E-state index in [1.165, 1.54) is 18.3 Å². The standard InChI is InChI=1S/C14H16BrN3O2S/c1-2-7-16-14-10-13(6-8-17-14)21(19,20)18-12-5-3-4-11(15)9-12/h3-6,8-10,18H,2,7H2,1H3,(H,16,17). The number of hydrogen-bond donors (Lipinski definition) is 2. The summed E-state index contributed by atoms with van der Waals surface area (Å²) in [6, 6.07) is 9.99. The fourth-order valence-electron chi connectivity index (χ4n) is 1.69. The van der Waals surface area contributed by atoms with Gasteiger partial charge in [-0.3, -0.25) is 4.72 Å². The molecule has 0 amide bonds. The summed E-state index contributed by atoms with van der Waals surface area (Å²) >= 11 is 3.31. The summed E-state index contributed by atoms with van der Waals surface area (Å²) in [4.78, 5) is 4.28. The van der Waals surface area contributed by atoms with Gasteiger partial charge in [-0.05, 0) is 30.7 Å². The second kappa shape index (κ2) is 6.91. The molecule has 0 radical (unpaired) electrons. The van der Waals surface area contributed by atoms with Crippen molar-refractivity contribution in [3.05, 3.63) is 47.1 Å². The van der Waals surface area contributed by atoms with Gasteiger partial charge in [-0.15, -0.1) is 0 Å². The van der Waals surface area contributed by atoms with E-state index in [2.05, 4.69) is 31.0 Å². The number of pyridine rings is 1. The zero-order valence-electron chi connectivity index (χ0n) is 11.5. The predicted molar refractivity (Wildman–Crippen MR) is 88.0 cm³/mol. The van der Waals surface area contributed by atoms with Gasteiger partial charge in [0.2, 0.25) is 0 Å². The summed E-state index contributed by atoms with van der Waals surface area (Å²) < 4.78 is 28.1. The molecule has 0 aliphatic rings. The minimum atomic E-state index is -3.63. The molecule has 0 atom stereocenters. The van der Waals surface area contributed by atoms with Crippen LogP contribution >= 0.6 is 15.9 Å². The van der Waals surface area contributed by atoms with E-state index in [1.54, 1.807) is 18.2 Å². The number of benzene rings is 1. The van der Waals surface area contributed by atoms with Gasteiger partial charge in [0, 0.05) is 29.0 Å². The summed E-state index contributed by atoms with van der Waals surface area (Å²) in [6.07, 6.45) is 2.42. The molecule has 1 aromatic carbocycles. The Kier molecular flexibility index (Phi) is 5.19. The van der Waals surface area contributed by atoms with E-state index >= 15 is 0 Å². The van der Waals surface area contributed by atoms with Crippen LogP contribution in [-0.4, -0.2) is 19.9 Å². The molecule has 2 aromatic rings. The van der Waals surface area contributed by atoms with Crippen molar-refractivity contribution in [2.75, 3.05) is 16.6 Å². The van der Waals surface area contributed by atoms with Gasteiger partial charge in [0.15, 0.2) is 0 Å². The zero-order chi connectivity index (χ0) is 15.3. The van der Waals surface area contributed by atoms with E-state index in [0.29, 0.717) is 11.5 Å². The molecule has 0 aliphatic carbocycles. The van der Waals surface area contributed by atoms with E-state index < -0.39 is 10.0 Å². The highest BCUT2D eigenvalue weighted by molar-refractivity contribution is 9.10. The first kappa shape index (κ1) is 15.8. The van der Waals surface area contributed by atoms with Gasteiger partial charge in [-0.1, -0.05) is 28.9 Å². The Bertz CT molecular complexity index is 720. The molecule has 7 heteroatoms. The minimum Gasteiger partial charge on any atom is -0.370 e. The monoisotopic (exact) mass is 369 g/mol. The molecule has 21 heavy (non-hydrogen) atoms. The number of nitrogens with one attached hydrogen (secondary N) is 2. The summed E-state index contributed by atoms with van der Waals surface area (Å²) in [7, 11) is -3.63. The van der Waals surface area contributed by atoms with Crippen LogP contribution in [-0.2, 0) is 10.0 Å². The highest BCUT2D eigenvalue weighted by atomic mass is 79.9. The van der Waals surface area contributed by atoms with Crippen molar-refractivity contribution in [3.63, 3.8) is 0 Å². The lowest BCUT2D eigenvalue weighted by molar-refractivity contribution is 0.601. The Morgan fingerprint density at radius 1 is 1.24 bits per heavy atom. The van der Waals surface area contributed by atoms with E-state index in [9.17, 15) is 8.42 Å². The first-order chi connectivity index (χ1) is 10.0. The number of rotatable bonds is 6. The Morgan fingerprint density at radius 3 is 2.76 bits per heavy atom. The lowest BCUT2D eigenvalue weighted by Crippen LogP contribution is -2.13. The molecule has 2 N–H and O–H groups in total. The summed E-state index contributed by atoms with van der Waals surface area (Å²) in [5.74, 6) is 0.550. The third-order valence-electron chi connectivity index (χ3n) is 2.67. The van der Waals surface area contributed by atoms with Gasteiger partial charge in [0.1, 0.15) is 5.82 Å². The normalized spacial score (nSPS) is 11.1. The molecule has 0 saturated carbocycles. The van der Waals surface area contributed by atoms with Crippen molar-refractivity contribution < 1.29 is 8.42 Å². The molecule has 5 nitrogen and oxygen atoms in total. The lowest BCUT2D eigenvalue weighted by Gasteiger charge is -2.10. The SMILES string of the molecule is CCCNc1cc(S(=O)(=O)Nc2cccc(Br)c2)ccn1. The molecule has 0 saturated heterocycles. The van der Waals surface area contributed by atoms with E-state index in [1.807, 2.05) is 13.0 Å². The second-order valence-electron chi connectivity index (χ2n) is 4.42. The summed E-state index contributed by atoms with van der Waals surface area (Å²) in [6.45, 7) is 2.78. The van der Waals surface area contributed by atoms with E-state index in [0.717, 1.165) is 17.4 Å². The van der Waals surface area contributed by atoms with Gasteiger partial charge in [-0.2, -0.15) is 0 Å². The van der Waals surface area contributed by atoms with Crippen molar-refractivity contribution in [3.8, 4) is 0 Å². The van der Waals surface area contributed by atoms with Crippen molar-refractivity contribution in [2.45, 2.75) is 18.2 Å². The zero-order valence-corrected chi connectivity index (χ0v) is 13.9. The van der Waals surface area contributed by atoms with Gasteiger partial charge < -0.3 is 5.32 Å². The Labute approximate surface area is 133 Å². The van der Waals surface area contributed by atoms with Crippen LogP contribution in [0, 0.1) is 0 Å². The topological polar surface area (TPSA) is 71.1 Å². The number of halogens is 1. The molecule has 1 aromatic heterocycles. The summed E-state index contributed by atoms with van der Waals surface area (Å²) in [5.41, 5.74) is 0.504. The molecule has 0 aliphatic heterocycles. The quantitative estimate of drug-likeness (QED) is 0.817. The molecule has 0 fully saturated rings. The van der Waals surface area contributed by atoms with Gasteiger partial charge >= 0.3 is 0 Å². The molecular weight excluding hydrogens is 354 g/mol. The van der Waals surface area contributed by atoms with Gasteiger partial charge in [-0.25, -0.2) is 13.4 Å². The first-order valence-corrected chi connectivity index (χ1v) is 8.77. The minimum absolute atomic E-state index is 0.177. The number of anilines is 2. The number of sulfonamides is 1. The van der Waals surface area contributed by atoms with Crippen LogP contribution in [0.3, 0.4) is 0 Å². The Balaban J connectivity index is 2.23. The molecule has 0 spiro atoms. The highest BCUT2D eigenvalue weighted by Crippen LogP contribution is 2.20. The van der Waals surface area contributed by atoms with Crippen molar-refractivity contribution in [2.24, 2.45) is 0 Å². The summed E-state index contributed by atoms with van der Waals surface area (Å²) in [5, 5.41) is 3.07. The van der Waals surface area contributed by atoms with Crippen LogP contribution in [0.4, 0.5) is 11.5 Å². The molecule has 0 unspecified atom stereocenters. The van der Waals surface area contributed by atoms with Crippen LogP contribution in [0.5, 0.6) is 0 Å². The van der Waals surface area contributed by atoms with E-state index in [4.69, 9.17) is 0 Å². The van der Waals surface area contributed by atoms with Gasteiger partial charge in [0.05, 0.1) is 4.90 Å². The smallest absolute Gasteiger partial charge is 0.262 e. The fraction of sp³-hybridized carbons (Fsp3) is 0.214. The average molecular weight is 370 g/mol. The van der Waals surface area contributed by atoms with Crippen LogP contribution in [0.1, 0.15) is 13.3 Å². The third-order valence-corrected chi connectivity index (χ3v) is 4.55. The Morgan fingerprint density at radius 2 is 2.05 bits per heavy atom.